The zero-order valence-electron chi connectivity index (χ0n) is 11.2. The Morgan fingerprint density at radius 2 is 1.65 bits per heavy atom. The summed E-state index contributed by atoms with van der Waals surface area (Å²) >= 11 is 1.86. The maximum Gasteiger partial charge on any atom is 0.0197 e. The van der Waals surface area contributed by atoms with Crippen molar-refractivity contribution in [3.63, 3.8) is 0 Å². The van der Waals surface area contributed by atoms with Gasteiger partial charge in [-0.15, -0.1) is 0 Å². The Kier molecular flexibility index (Phi) is 3.00. The zero-order valence-corrected chi connectivity index (χ0v) is 12.0. The van der Waals surface area contributed by atoms with Gasteiger partial charge in [0.1, 0.15) is 0 Å². The molecule has 0 fully saturated rings. The highest BCUT2D eigenvalue weighted by atomic mass is 32.2. The molecule has 0 N–H and O–H groups in total. The van der Waals surface area contributed by atoms with Gasteiger partial charge >= 0.3 is 0 Å². The van der Waals surface area contributed by atoms with Gasteiger partial charge in [-0.3, -0.25) is 0 Å². The van der Waals surface area contributed by atoms with E-state index >= 15 is 0 Å². The van der Waals surface area contributed by atoms with Crippen molar-refractivity contribution in [1.82, 2.24) is 0 Å². The van der Waals surface area contributed by atoms with E-state index < -0.39 is 0 Å². The molecule has 0 aromatic heterocycles. The fraction of sp³-hybridized carbons (Fsp3) is 0.158. The number of fused-ring (bicyclic) bond motifs is 2. The van der Waals surface area contributed by atoms with E-state index in [0.717, 1.165) is 0 Å². The third-order valence-corrected chi connectivity index (χ3v) is 5.16. The molecule has 0 aliphatic heterocycles. The van der Waals surface area contributed by atoms with Gasteiger partial charge in [-0.05, 0) is 41.7 Å². The third kappa shape index (κ3) is 2.12. The maximum absolute atomic E-state index is 2.45. The van der Waals surface area contributed by atoms with Gasteiger partial charge in [-0.1, -0.05) is 66.4 Å². The summed E-state index contributed by atoms with van der Waals surface area (Å²) in [6, 6.07) is 19.4. The molecule has 2 aromatic carbocycles. The van der Waals surface area contributed by atoms with E-state index in [1.54, 1.807) is 0 Å². The summed E-state index contributed by atoms with van der Waals surface area (Å²) < 4.78 is 0. The smallest absolute Gasteiger partial charge is 0.0197 e. The van der Waals surface area contributed by atoms with E-state index in [9.17, 15) is 0 Å². The Morgan fingerprint density at radius 3 is 2.40 bits per heavy atom. The lowest BCUT2D eigenvalue weighted by atomic mass is 9.95. The van der Waals surface area contributed by atoms with Gasteiger partial charge in [0.2, 0.25) is 0 Å². The van der Waals surface area contributed by atoms with Gasteiger partial charge in [0.05, 0.1) is 0 Å². The van der Waals surface area contributed by atoms with Crippen LogP contribution in [0.4, 0.5) is 0 Å². The Balaban J connectivity index is 1.70. The summed E-state index contributed by atoms with van der Waals surface area (Å²) in [5.74, 6) is 1.31. The Hall–Kier alpha value is -1.73. The average molecular weight is 276 g/mol. The van der Waals surface area contributed by atoms with Crippen LogP contribution in [-0.4, -0.2) is 0 Å². The van der Waals surface area contributed by atoms with E-state index in [4.69, 9.17) is 0 Å². The number of allylic oxidation sites excluding steroid dienone is 4. The molecule has 2 atom stereocenters. The van der Waals surface area contributed by atoms with Crippen molar-refractivity contribution in [2.75, 3.05) is 0 Å². The van der Waals surface area contributed by atoms with E-state index in [1.807, 2.05) is 11.8 Å². The minimum Gasteiger partial charge on any atom is -0.0895 e. The molecule has 2 aromatic rings. The van der Waals surface area contributed by atoms with E-state index in [0.29, 0.717) is 11.8 Å². The molecule has 1 heteroatoms. The minimum absolute atomic E-state index is 0.637. The molecule has 0 amide bonds. The van der Waals surface area contributed by atoms with Gasteiger partial charge in [0, 0.05) is 15.7 Å². The predicted molar refractivity (Wildman–Crippen MR) is 85.7 cm³/mol. The molecule has 0 saturated carbocycles. The maximum atomic E-state index is 2.45. The van der Waals surface area contributed by atoms with Crippen LogP contribution in [0.25, 0.3) is 5.57 Å². The van der Waals surface area contributed by atoms with E-state index in [2.05, 4.69) is 72.8 Å². The van der Waals surface area contributed by atoms with Crippen LogP contribution in [0.1, 0.15) is 12.0 Å². The summed E-state index contributed by atoms with van der Waals surface area (Å²) in [6.45, 7) is 0. The monoisotopic (exact) mass is 276 g/mol. The number of rotatable bonds is 3. The Labute approximate surface area is 124 Å². The standard InChI is InChI=1S/C19H16S/c1-2-6-16(7-3-1)20-19-9-5-4-8-17(19)18-13-14-10-11-15(18)12-14/h1-11,13-15H,12H2. The normalized spacial score (nSPS) is 23.1. The van der Waals surface area contributed by atoms with E-state index in [1.165, 1.54) is 27.3 Å². The second kappa shape index (κ2) is 4.99. The van der Waals surface area contributed by atoms with Crippen LogP contribution in [0.5, 0.6) is 0 Å². The van der Waals surface area contributed by atoms with Crippen molar-refractivity contribution in [1.29, 1.82) is 0 Å². The van der Waals surface area contributed by atoms with Gasteiger partial charge in [-0.25, -0.2) is 0 Å². The van der Waals surface area contributed by atoms with Crippen LogP contribution >= 0.6 is 11.8 Å². The molecule has 4 rings (SSSR count). The predicted octanol–water partition coefficient (Wildman–Crippen LogP) is 5.43. The molecule has 0 radical (unpaired) electrons. The third-order valence-electron chi connectivity index (χ3n) is 4.08. The van der Waals surface area contributed by atoms with Crippen LogP contribution < -0.4 is 0 Å². The summed E-state index contributed by atoms with van der Waals surface area (Å²) in [7, 11) is 0. The van der Waals surface area contributed by atoms with Crippen molar-refractivity contribution in [3.05, 3.63) is 78.4 Å². The first-order valence-corrected chi connectivity index (χ1v) is 7.94. The molecule has 0 nitrogen and oxygen atoms in total. The summed E-state index contributed by atoms with van der Waals surface area (Å²) in [5.41, 5.74) is 2.94. The number of hydrogen-bond acceptors (Lipinski definition) is 1. The average Bonchev–Trinajstić information content (AvgIpc) is 3.12. The SMILES string of the molecule is C1=CC2CC1C=C2c1ccccc1Sc1ccccc1. The summed E-state index contributed by atoms with van der Waals surface area (Å²) in [6.07, 6.45) is 8.46. The van der Waals surface area contributed by atoms with Crippen molar-refractivity contribution in [3.8, 4) is 0 Å². The molecule has 2 aliphatic rings. The second-order valence-electron chi connectivity index (χ2n) is 5.42. The molecule has 0 saturated heterocycles. The molecule has 98 valence electrons. The van der Waals surface area contributed by atoms with E-state index in [-0.39, 0.29) is 0 Å². The molecule has 2 bridgehead atoms. The molecule has 2 aliphatic carbocycles. The first-order valence-electron chi connectivity index (χ1n) is 7.12. The lowest BCUT2D eigenvalue weighted by Gasteiger charge is -2.14. The van der Waals surface area contributed by atoms with Crippen LogP contribution in [-0.2, 0) is 0 Å². The quantitative estimate of drug-likeness (QED) is 0.674. The highest BCUT2D eigenvalue weighted by Crippen LogP contribution is 2.46. The first-order chi connectivity index (χ1) is 9.90. The minimum atomic E-state index is 0.637. The van der Waals surface area contributed by atoms with Crippen LogP contribution in [0, 0.1) is 11.8 Å². The van der Waals surface area contributed by atoms with Crippen molar-refractivity contribution >= 4 is 17.3 Å². The zero-order chi connectivity index (χ0) is 13.4. The van der Waals surface area contributed by atoms with Crippen molar-refractivity contribution < 1.29 is 0 Å². The highest BCUT2D eigenvalue weighted by molar-refractivity contribution is 7.99. The van der Waals surface area contributed by atoms with Gasteiger partial charge in [0.15, 0.2) is 0 Å². The first kappa shape index (κ1) is 12.0. The van der Waals surface area contributed by atoms with Gasteiger partial charge < -0.3 is 0 Å². The molecule has 2 unspecified atom stereocenters. The number of benzene rings is 2. The molecular formula is C19H16S. The van der Waals surface area contributed by atoms with Crippen molar-refractivity contribution in [2.24, 2.45) is 11.8 Å². The fourth-order valence-corrected chi connectivity index (χ4v) is 4.12. The van der Waals surface area contributed by atoms with Crippen LogP contribution in [0.3, 0.4) is 0 Å². The van der Waals surface area contributed by atoms with Gasteiger partial charge in [0.25, 0.3) is 0 Å². The largest absolute Gasteiger partial charge is 0.0895 e. The number of hydrogen-bond donors (Lipinski definition) is 0. The van der Waals surface area contributed by atoms with Gasteiger partial charge in [-0.2, -0.15) is 0 Å². The van der Waals surface area contributed by atoms with Crippen LogP contribution in [0.2, 0.25) is 0 Å². The highest BCUT2D eigenvalue weighted by Gasteiger charge is 2.29. The second-order valence-corrected chi connectivity index (χ2v) is 6.54. The topological polar surface area (TPSA) is 0 Å². The van der Waals surface area contributed by atoms with Crippen LogP contribution in [0.15, 0.2) is 82.6 Å². The lowest BCUT2D eigenvalue weighted by molar-refractivity contribution is 0.738. The summed E-state index contributed by atoms with van der Waals surface area (Å²) in [5, 5.41) is 0. The summed E-state index contributed by atoms with van der Waals surface area (Å²) in [4.78, 5) is 2.67. The fourth-order valence-electron chi connectivity index (χ4n) is 3.13. The Morgan fingerprint density at radius 1 is 0.850 bits per heavy atom. The molecule has 0 spiro atoms. The Bertz CT molecular complexity index is 682. The molecule has 20 heavy (non-hydrogen) atoms. The van der Waals surface area contributed by atoms with Crippen molar-refractivity contribution in [2.45, 2.75) is 16.2 Å². The lowest BCUT2D eigenvalue weighted by Crippen LogP contribution is -1.95. The molecule has 0 heterocycles. The molecular weight excluding hydrogens is 260 g/mol.